The Labute approximate surface area is 230 Å². The van der Waals surface area contributed by atoms with Crippen molar-refractivity contribution in [2.24, 2.45) is 0 Å². The van der Waals surface area contributed by atoms with Crippen molar-refractivity contribution in [2.45, 2.75) is 6.92 Å². The van der Waals surface area contributed by atoms with E-state index in [1.807, 2.05) is 128 Å². The molecule has 5 nitrogen and oxygen atoms in total. The van der Waals surface area contributed by atoms with E-state index in [2.05, 4.69) is 0 Å². The van der Waals surface area contributed by atoms with E-state index in [4.69, 9.17) is 19.4 Å². The van der Waals surface area contributed by atoms with Crippen molar-refractivity contribution in [3.05, 3.63) is 137 Å². The Balaban J connectivity index is 1.42. The summed E-state index contributed by atoms with van der Waals surface area (Å²) < 4.78 is 6.40. The van der Waals surface area contributed by atoms with Gasteiger partial charge in [-0.15, -0.1) is 0 Å². The molecular formula is C35H23N3O2. The first-order valence-electron chi connectivity index (χ1n) is 13.1. The van der Waals surface area contributed by atoms with Gasteiger partial charge in [0.25, 0.3) is 0 Å². The van der Waals surface area contributed by atoms with E-state index in [1.54, 1.807) is 0 Å². The van der Waals surface area contributed by atoms with Crippen molar-refractivity contribution in [3.8, 4) is 45.3 Å². The molecule has 5 aromatic carbocycles. The highest BCUT2D eigenvalue weighted by Crippen LogP contribution is 2.33. The molecule has 0 saturated heterocycles. The van der Waals surface area contributed by atoms with Gasteiger partial charge in [0.2, 0.25) is 5.43 Å². The molecule has 0 saturated carbocycles. The van der Waals surface area contributed by atoms with E-state index in [9.17, 15) is 4.79 Å². The molecule has 0 amide bonds. The Morgan fingerprint density at radius 2 is 1.00 bits per heavy atom. The van der Waals surface area contributed by atoms with Gasteiger partial charge in [-0.1, -0.05) is 103 Å². The van der Waals surface area contributed by atoms with E-state index < -0.39 is 0 Å². The summed E-state index contributed by atoms with van der Waals surface area (Å²) in [4.78, 5) is 27.9. The molecule has 0 bridgehead atoms. The minimum absolute atomic E-state index is 0.0320. The summed E-state index contributed by atoms with van der Waals surface area (Å²) in [5.41, 5.74) is 6.48. The molecule has 0 aliphatic carbocycles. The van der Waals surface area contributed by atoms with Gasteiger partial charge in [0.05, 0.1) is 10.8 Å². The fourth-order valence-corrected chi connectivity index (χ4v) is 5.03. The second-order valence-corrected chi connectivity index (χ2v) is 9.68. The first-order chi connectivity index (χ1) is 19.7. The largest absolute Gasteiger partial charge is 0.455 e. The van der Waals surface area contributed by atoms with Gasteiger partial charge in [0, 0.05) is 22.3 Å². The zero-order chi connectivity index (χ0) is 27.1. The molecule has 7 aromatic rings. The molecule has 5 heteroatoms. The number of rotatable bonds is 4. The summed E-state index contributed by atoms with van der Waals surface area (Å²) in [7, 11) is 0. The highest BCUT2D eigenvalue weighted by Gasteiger charge is 2.16. The topological polar surface area (TPSA) is 68.9 Å². The number of hydrogen-bond donors (Lipinski definition) is 0. The molecule has 0 radical (unpaired) electrons. The predicted octanol–water partition coefficient (Wildman–Crippen LogP) is 8.11. The van der Waals surface area contributed by atoms with Crippen molar-refractivity contribution in [1.29, 1.82) is 0 Å². The van der Waals surface area contributed by atoms with E-state index in [0.717, 1.165) is 33.4 Å². The first kappa shape index (κ1) is 23.7. The van der Waals surface area contributed by atoms with E-state index in [-0.39, 0.29) is 5.43 Å². The first-order valence-corrected chi connectivity index (χ1v) is 13.1. The van der Waals surface area contributed by atoms with Gasteiger partial charge >= 0.3 is 0 Å². The minimum Gasteiger partial charge on any atom is -0.455 e. The van der Waals surface area contributed by atoms with Crippen molar-refractivity contribution in [3.63, 3.8) is 0 Å². The minimum atomic E-state index is -0.0320. The summed E-state index contributed by atoms with van der Waals surface area (Å²) in [5.74, 6) is 1.78. The molecule has 190 valence electrons. The van der Waals surface area contributed by atoms with Gasteiger partial charge in [-0.3, -0.25) is 4.79 Å². The maximum atomic E-state index is 13.4. The fraction of sp³-hybridized carbons (Fsp3) is 0.0286. The number of aromatic nitrogens is 3. The fourth-order valence-electron chi connectivity index (χ4n) is 5.03. The summed E-state index contributed by atoms with van der Waals surface area (Å²) >= 11 is 0. The number of benzene rings is 5. The summed E-state index contributed by atoms with van der Waals surface area (Å²) in [6.45, 7) is 1.95. The number of hydrogen-bond acceptors (Lipinski definition) is 5. The van der Waals surface area contributed by atoms with Crippen LogP contribution < -0.4 is 5.43 Å². The number of aryl methyl sites for hydroxylation is 1. The quantitative estimate of drug-likeness (QED) is 0.221. The summed E-state index contributed by atoms with van der Waals surface area (Å²) in [6, 6.07) is 39.2. The Kier molecular flexibility index (Phi) is 5.75. The molecule has 0 atom stereocenters. The van der Waals surface area contributed by atoms with E-state index >= 15 is 0 Å². The highest BCUT2D eigenvalue weighted by atomic mass is 16.3. The normalized spacial score (nSPS) is 11.2. The lowest BCUT2D eigenvalue weighted by Crippen LogP contribution is -2.03. The predicted molar refractivity (Wildman–Crippen MR) is 160 cm³/mol. The molecule has 0 aliphatic rings. The lowest BCUT2D eigenvalue weighted by molar-refractivity contribution is 0.658. The summed E-state index contributed by atoms with van der Waals surface area (Å²) in [5, 5.41) is 1.14. The third-order valence-corrected chi connectivity index (χ3v) is 7.05. The smallest absolute Gasteiger partial charge is 0.200 e. The average Bonchev–Trinajstić information content (AvgIpc) is 3.02. The van der Waals surface area contributed by atoms with E-state index in [0.29, 0.717) is 39.4 Å². The standard InChI is InChI=1S/C35H23N3O2/c1-22-11-8-19-28-30(39)29-20-10-18-27(32(29)40-31(22)28)25-16-9-17-26(21-25)35-37-33(23-12-4-2-5-13-23)36-34(38-35)24-14-6-3-7-15-24/h2-21H,1H3. The molecule has 0 spiro atoms. The number of para-hydroxylation sites is 2. The van der Waals surface area contributed by atoms with Crippen LogP contribution in [0.3, 0.4) is 0 Å². The molecule has 7 rings (SSSR count). The Bertz CT molecular complexity index is 2030. The molecule has 0 fully saturated rings. The van der Waals surface area contributed by atoms with Crippen LogP contribution in [-0.4, -0.2) is 15.0 Å². The maximum absolute atomic E-state index is 13.4. The van der Waals surface area contributed by atoms with Crippen LogP contribution in [0.4, 0.5) is 0 Å². The Morgan fingerprint density at radius 3 is 1.65 bits per heavy atom. The van der Waals surface area contributed by atoms with Crippen LogP contribution in [0.15, 0.2) is 131 Å². The molecule has 0 aliphatic heterocycles. The van der Waals surface area contributed by atoms with Crippen molar-refractivity contribution >= 4 is 21.9 Å². The summed E-state index contributed by atoms with van der Waals surface area (Å²) in [6.07, 6.45) is 0. The lowest BCUT2D eigenvalue weighted by atomic mass is 9.99. The van der Waals surface area contributed by atoms with Crippen molar-refractivity contribution in [1.82, 2.24) is 15.0 Å². The van der Waals surface area contributed by atoms with Crippen LogP contribution in [0.5, 0.6) is 0 Å². The van der Waals surface area contributed by atoms with Crippen LogP contribution in [0, 0.1) is 6.92 Å². The van der Waals surface area contributed by atoms with Crippen molar-refractivity contribution < 1.29 is 4.42 Å². The zero-order valence-corrected chi connectivity index (χ0v) is 21.7. The molecule has 0 unspecified atom stereocenters. The van der Waals surface area contributed by atoms with Gasteiger partial charge in [-0.2, -0.15) is 0 Å². The van der Waals surface area contributed by atoms with Crippen LogP contribution in [-0.2, 0) is 0 Å². The molecular weight excluding hydrogens is 494 g/mol. The monoisotopic (exact) mass is 517 g/mol. The Hall–Kier alpha value is -5.42. The van der Waals surface area contributed by atoms with Crippen LogP contribution in [0.2, 0.25) is 0 Å². The molecule has 0 N–H and O–H groups in total. The van der Waals surface area contributed by atoms with Gasteiger partial charge < -0.3 is 4.42 Å². The second-order valence-electron chi connectivity index (χ2n) is 9.68. The maximum Gasteiger partial charge on any atom is 0.200 e. The average molecular weight is 518 g/mol. The van der Waals surface area contributed by atoms with Gasteiger partial charge in [-0.05, 0) is 36.2 Å². The lowest BCUT2D eigenvalue weighted by Gasteiger charge is -2.11. The highest BCUT2D eigenvalue weighted by molar-refractivity contribution is 5.98. The number of fused-ring (bicyclic) bond motifs is 2. The van der Waals surface area contributed by atoms with Crippen LogP contribution in [0.1, 0.15) is 5.56 Å². The van der Waals surface area contributed by atoms with Crippen LogP contribution >= 0.6 is 0 Å². The zero-order valence-electron chi connectivity index (χ0n) is 21.7. The molecule has 2 heterocycles. The van der Waals surface area contributed by atoms with Gasteiger partial charge in [0.1, 0.15) is 11.2 Å². The van der Waals surface area contributed by atoms with Gasteiger partial charge in [-0.25, -0.2) is 15.0 Å². The van der Waals surface area contributed by atoms with Crippen LogP contribution in [0.25, 0.3) is 67.2 Å². The molecule has 2 aromatic heterocycles. The number of nitrogens with zero attached hydrogens (tertiary/aromatic N) is 3. The molecule has 40 heavy (non-hydrogen) atoms. The third kappa shape index (κ3) is 4.14. The van der Waals surface area contributed by atoms with E-state index in [1.165, 1.54) is 0 Å². The SMILES string of the molecule is Cc1cccc2c(=O)c3cccc(-c4cccc(-c5nc(-c6ccccc6)nc(-c6ccccc6)n5)c4)c3oc12. The van der Waals surface area contributed by atoms with Gasteiger partial charge in [0.15, 0.2) is 17.5 Å². The second kappa shape index (κ2) is 9.71. The Morgan fingerprint density at radius 1 is 0.500 bits per heavy atom. The third-order valence-electron chi connectivity index (χ3n) is 7.05. The van der Waals surface area contributed by atoms with Crippen molar-refractivity contribution in [2.75, 3.05) is 0 Å².